The van der Waals surface area contributed by atoms with Gasteiger partial charge in [-0.25, -0.2) is 9.67 Å². The lowest BCUT2D eigenvalue weighted by molar-refractivity contribution is 0.674. The second-order valence-corrected chi connectivity index (χ2v) is 4.58. The monoisotopic (exact) mass is 267 g/mol. The van der Waals surface area contributed by atoms with E-state index >= 15 is 0 Å². The highest BCUT2D eigenvalue weighted by atomic mass is 15.3. The van der Waals surface area contributed by atoms with E-state index in [9.17, 15) is 0 Å². The number of aromatic amines is 1. The minimum absolute atomic E-state index is 0.861. The molecule has 3 aromatic rings. The van der Waals surface area contributed by atoms with Gasteiger partial charge in [0.05, 0.1) is 5.69 Å². The minimum atomic E-state index is 0.861. The quantitative estimate of drug-likeness (QED) is 0.671. The van der Waals surface area contributed by atoms with Crippen molar-refractivity contribution in [2.45, 2.75) is 13.0 Å². The van der Waals surface area contributed by atoms with Crippen molar-refractivity contribution >= 4 is 0 Å². The van der Waals surface area contributed by atoms with Crippen LogP contribution >= 0.6 is 0 Å². The van der Waals surface area contributed by atoms with Crippen LogP contribution in [-0.4, -0.2) is 26.3 Å². The Hall–Kier alpha value is -2.40. The van der Waals surface area contributed by atoms with E-state index in [1.165, 1.54) is 5.56 Å². The molecular formula is C15H17N5. The second kappa shape index (κ2) is 6.16. The summed E-state index contributed by atoms with van der Waals surface area (Å²) in [5, 5.41) is 7.62. The zero-order chi connectivity index (χ0) is 13.6. The predicted octanol–water partition coefficient (Wildman–Crippen LogP) is 1.93. The van der Waals surface area contributed by atoms with Crippen molar-refractivity contribution < 1.29 is 0 Å². The topological polar surface area (TPSA) is 58.5 Å². The number of benzene rings is 1. The molecule has 0 atom stereocenters. The third-order valence-electron chi connectivity index (χ3n) is 3.13. The van der Waals surface area contributed by atoms with Crippen molar-refractivity contribution in [1.29, 1.82) is 0 Å². The highest BCUT2D eigenvalue weighted by Gasteiger charge is 1.98. The predicted molar refractivity (Wildman–Crippen MR) is 77.6 cm³/mol. The fourth-order valence-electron chi connectivity index (χ4n) is 2.06. The van der Waals surface area contributed by atoms with Crippen LogP contribution in [0.5, 0.6) is 0 Å². The maximum absolute atomic E-state index is 4.21. The van der Waals surface area contributed by atoms with Crippen LogP contribution in [0.25, 0.3) is 5.69 Å². The van der Waals surface area contributed by atoms with Crippen LogP contribution < -0.4 is 5.32 Å². The van der Waals surface area contributed by atoms with Crippen molar-refractivity contribution in [3.8, 4) is 5.69 Å². The number of H-pyrrole nitrogens is 1. The molecule has 0 aliphatic carbocycles. The summed E-state index contributed by atoms with van der Waals surface area (Å²) in [5.41, 5.74) is 2.34. The van der Waals surface area contributed by atoms with Crippen LogP contribution in [0.1, 0.15) is 11.4 Å². The molecule has 5 nitrogen and oxygen atoms in total. The first-order valence-corrected chi connectivity index (χ1v) is 6.70. The number of aromatic nitrogens is 4. The van der Waals surface area contributed by atoms with Crippen molar-refractivity contribution in [1.82, 2.24) is 25.1 Å². The summed E-state index contributed by atoms with van der Waals surface area (Å²) in [6, 6.07) is 10.3. The largest absolute Gasteiger partial charge is 0.349 e. The Kier molecular flexibility index (Phi) is 3.89. The first-order chi connectivity index (χ1) is 9.92. The molecule has 0 aliphatic heterocycles. The normalized spacial score (nSPS) is 10.8. The summed E-state index contributed by atoms with van der Waals surface area (Å²) < 4.78 is 1.86. The van der Waals surface area contributed by atoms with Gasteiger partial charge in [-0.05, 0) is 23.8 Å². The molecule has 3 rings (SSSR count). The Labute approximate surface area is 117 Å². The molecule has 0 saturated carbocycles. The lowest BCUT2D eigenvalue weighted by Crippen LogP contribution is -2.17. The molecule has 0 fully saturated rings. The van der Waals surface area contributed by atoms with E-state index in [2.05, 4.69) is 44.6 Å². The number of imidazole rings is 1. The number of hydrogen-bond acceptors (Lipinski definition) is 3. The molecule has 1 aromatic carbocycles. The highest BCUT2D eigenvalue weighted by molar-refractivity contribution is 5.33. The molecule has 0 amide bonds. The Morgan fingerprint density at radius 3 is 2.75 bits per heavy atom. The fourth-order valence-corrected chi connectivity index (χ4v) is 2.06. The maximum Gasteiger partial charge on any atom is 0.107 e. The zero-order valence-electron chi connectivity index (χ0n) is 11.2. The first kappa shape index (κ1) is 12.6. The van der Waals surface area contributed by atoms with E-state index in [1.807, 2.05) is 23.1 Å². The lowest BCUT2D eigenvalue weighted by Gasteiger charge is -2.06. The van der Waals surface area contributed by atoms with Crippen LogP contribution in [0.4, 0.5) is 0 Å². The number of nitrogens with zero attached hydrogens (tertiary/aromatic N) is 3. The van der Waals surface area contributed by atoms with Crippen molar-refractivity contribution in [3.63, 3.8) is 0 Å². The molecule has 102 valence electrons. The van der Waals surface area contributed by atoms with Gasteiger partial charge < -0.3 is 10.3 Å². The van der Waals surface area contributed by atoms with E-state index in [0.29, 0.717) is 0 Å². The summed E-state index contributed by atoms with van der Waals surface area (Å²) in [6.45, 7) is 1.77. The van der Waals surface area contributed by atoms with Gasteiger partial charge >= 0.3 is 0 Å². The summed E-state index contributed by atoms with van der Waals surface area (Å²) in [6.07, 6.45) is 8.27. The van der Waals surface area contributed by atoms with Gasteiger partial charge in [0.15, 0.2) is 0 Å². The van der Waals surface area contributed by atoms with E-state index in [0.717, 1.165) is 31.0 Å². The summed E-state index contributed by atoms with van der Waals surface area (Å²) in [5.74, 6) is 1.02. The molecule has 0 aliphatic rings. The summed E-state index contributed by atoms with van der Waals surface area (Å²) >= 11 is 0. The minimum Gasteiger partial charge on any atom is -0.349 e. The molecule has 0 spiro atoms. The van der Waals surface area contributed by atoms with Crippen molar-refractivity contribution in [2.24, 2.45) is 0 Å². The molecule has 5 heteroatoms. The molecule has 0 saturated heterocycles. The Morgan fingerprint density at radius 1 is 1.15 bits per heavy atom. The molecule has 0 unspecified atom stereocenters. The average molecular weight is 267 g/mol. The first-order valence-electron chi connectivity index (χ1n) is 6.70. The maximum atomic E-state index is 4.21. The number of rotatable bonds is 6. The third-order valence-corrected chi connectivity index (χ3v) is 3.13. The Morgan fingerprint density at radius 2 is 2.05 bits per heavy atom. The molecule has 2 heterocycles. The van der Waals surface area contributed by atoms with Crippen LogP contribution in [0.15, 0.2) is 55.1 Å². The van der Waals surface area contributed by atoms with Gasteiger partial charge in [0, 0.05) is 44.3 Å². The molecule has 2 N–H and O–H groups in total. The van der Waals surface area contributed by atoms with Crippen LogP contribution in [-0.2, 0) is 13.0 Å². The molecule has 20 heavy (non-hydrogen) atoms. The van der Waals surface area contributed by atoms with Gasteiger partial charge in [-0.15, -0.1) is 0 Å². The zero-order valence-corrected chi connectivity index (χ0v) is 11.2. The van der Waals surface area contributed by atoms with Gasteiger partial charge in [-0.2, -0.15) is 5.10 Å². The van der Waals surface area contributed by atoms with Crippen LogP contribution in [0.3, 0.4) is 0 Å². The van der Waals surface area contributed by atoms with Gasteiger partial charge in [0.1, 0.15) is 5.82 Å². The molecule has 0 radical (unpaired) electrons. The summed E-state index contributed by atoms with van der Waals surface area (Å²) in [7, 11) is 0. The smallest absolute Gasteiger partial charge is 0.107 e. The highest BCUT2D eigenvalue weighted by Crippen LogP contribution is 2.08. The summed E-state index contributed by atoms with van der Waals surface area (Å²) in [4.78, 5) is 7.29. The average Bonchev–Trinajstić information content (AvgIpc) is 3.17. The van der Waals surface area contributed by atoms with Gasteiger partial charge in [0.25, 0.3) is 0 Å². The molecule has 2 aromatic heterocycles. The van der Waals surface area contributed by atoms with Gasteiger partial charge in [0.2, 0.25) is 0 Å². The number of nitrogens with one attached hydrogen (secondary N) is 2. The van der Waals surface area contributed by atoms with E-state index in [1.54, 1.807) is 12.4 Å². The van der Waals surface area contributed by atoms with E-state index in [4.69, 9.17) is 0 Å². The number of hydrogen-bond donors (Lipinski definition) is 2. The third kappa shape index (κ3) is 3.13. The molecule has 0 bridgehead atoms. The fraction of sp³-hybridized carbons (Fsp3) is 0.200. The Balaban J connectivity index is 1.48. The SMILES string of the molecule is c1cnn(-c2ccc(CNCCc3ncc[nH]3)cc2)c1. The van der Waals surface area contributed by atoms with Crippen molar-refractivity contribution in [2.75, 3.05) is 6.54 Å². The standard InChI is InChI=1S/C15H17N5/c1-7-19-20(11-1)14-4-2-13(3-5-14)12-16-8-6-15-17-9-10-18-15/h1-5,7,9-11,16H,6,8,12H2,(H,17,18). The van der Waals surface area contributed by atoms with Crippen LogP contribution in [0.2, 0.25) is 0 Å². The molecular weight excluding hydrogens is 250 g/mol. The second-order valence-electron chi connectivity index (χ2n) is 4.58. The van der Waals surface area contributed by atoms with Crippen molar-refractivity contribution in [3.05, 3.63) is 66.5 Å². The lowest BCUT2D eigenvalue weighted by atomic mass is 10.2. The van der Waals surface area contributed by atoms with Gasteiger partial charge in [-0.3, -0.25) is 0 Å². The van der Waals surface area contributed by atoms with Crippen LogP contribution in [0, 0.1) is 0 Å². The van der Waals surface area contributed by atoms with Gasteiger partial charge in [-0.1, -0.05) is 12.1 Å². The Bertz CT molecular complexity index is 611. The van der Waals surface area contributed by atoms with E-state index in [-0.39, 0.29) is 0 Å². The van der Waals surface area contributed by atoms with E-state index < -0.39 is 0 Å².